The molecule has 3 rings (SSSR count). The zero-order valence-electron chi connectivity index (χ0n) is 21.0. The van der Waals surface area contributed by atoms with Gasteiger partial charge in [-0.05, 0) is 90.9 Å². The second-order valence-corrected chi connectivity index (χ2v) is 11.1. The summed E-state index contributed by atoms with van der Waals surface area (Å²) in [6.07, 6.45) is 19.0. The molecule has 31 heavy (non-hydrogen) atoms. The highest BCUT2D eigenvalue weighted by molar-refractivity contribution is 5.14. The van der Waals surface area contributed by atoms with E-state index in [4.69, 9.17) is 9.47 Å². The van der Waals surface area contributed by atoms with Crippen LogP contribution >= 0.6 is 0 Å². The van der Waals surface area contributed by atoms with E-state index in [0.29, 0.717) is 17.8 Å². The van der Waals surface area contributed by atoms with Crippen molar-refractivity contribution in [1.82, 2.24) is 0 Å². The topological polar surface area (TPSA) is 18.5 Å². The summed E-state index contributed by atoms with van der Waals surface area (Å²) < 4.78 is 12.9. The van der Waals surface area contributed by atoms with Gasteiger partial charge in [-0.2, -0.15) is 0 Å². The Morgan fingerprint density at radius 1 is 0.903 bits per heavy atom. The van der Waals surface area contributed by atoms with E-state index in [1.807, 2.05) is 0 Å². The van der Waals surface area contributed by atoms with E-state index < -0.39 is 0 Å². The van der Waals surface area contributed by atoms with Crippen LogP contribution in [0.2, 0.25) is 0 Å². The molecule has 2 heteroatoms. The number of hydrogen-bond donors (Lipinski definition) is 0. The van der Waals surface area contributed by atoms with Crippen molar-refractivity contribution in [2.24, 2.45) is 23.2 Å². The van der Waals surface area contributed by atoms with Crippen molar-refractivity contribution in [3.05, 3.63) is 46.6 Å². The third-order valence-corrected chi connectivity index (χ3v) is 7.86. The van der Waals surface area contributed by atoms with Gasteiger partial charge in [-0.3, -0.25) is 0 Å². The van der Waals surface area contributed by atoms with E-state index in [9.17, 15) is 0 Å². The van der Waals surface area contributed by atoms with Crippen molar-refractivity contribution in [3.63, 3.8) is 0 Å². The Balaban J connectivity index is 1.50. The van der Waals surface area contributed by atoms with Crippen molar-refractivity contribution in [2.45, 2.75) is 99.2 Å². The molecule has 3 atom stereocenters. The summed E-state index contributed by atoms with van der Waals surface area (Å²) in [7, 11) is 0. The highest BCUT2D eigenvalue weighted by atomic mass is 16.7. The van der Waals surface area contributed by atoms with E-state index in [1.54, 1.807) is 11.1 Å². The van der Waals surface area contributed by atoms with Gasteiger partial charge >= 0.3 is 0 Å². The molecule has 0 aromatic rings. The van der Waals surface area contributed by atoms with Crippen LogP contribution in [0.15, 0.2) is 46.6 Å². The molecule has 0 bridgehead atoms. The van der Waals surface area contributed by atoms with Gasteiger partial charge in [0.25, 0.3) is 0 Å². The summed E-state index contributed by atoms with van der Waals surface area (Å²) in [5, 5.41) is 0. The van der Waals surface area contributed by atoms with Gasteiger partial charge in [0.05, 0.1) is 13.2 Å². The molecule has 0 N–H and O–H groups in total. The Morgan fingerprint density at radius 2 is 1.48 bits per heavy atom. The van der Waals surface area contributed by atoms with Gasteiger partial charge in [-0.25, -0.2) is 0 Å². The summed E-state index contributed by atoms with van der Waals surface area (Å²) in [5.41, 5.74) is 6.28. The van der Waals surface area contributed by atoms with Crippen molar-refractivity contribution in [1.29, 1.82) is 0 Å². The van der Waals surface area contributed by atoms with E-state index in [0.717, 1.165) is 26.1 Å². The van der Waals surface area contributed by atoms with Gasteiger partial charge in [0, 0.05) is 11.3 Å². The summed E-state index contributed by atoms with van der Waals surface area (Å²) in [6.45, 7) is 15.3. The minimum Gasteiger partial charge on any atom is -0.352 e. The van der Waals surface area contributed by atoms with Crippen LogP contribution in [0.25, 0.3) is 0 Å². The van der Waals surface area contributed by atoms with Crippen LogP contribution in [0.4, 0.5) is 0 Å². The monoisotopic (exact) mass is 426 g/mol. The SMILES string of the molecule is CC(C)=CCCC1=CCC2(COC([C@@H]3CC=C(CCC=C(C)C)C[C@@H]3C)OC2)[C@H](C)C1. The van der Waals surface area contributed by atoms with Crippen molar-refractivity contribution in [3.8, 4) is 0 Å². The van der Waals surface area contributed by atoms with E-state index >= 15 is 0 Å². The van der Waals surface area contributed by atoms with Crippen LogP contribution in [0.1, 0.15) is 92.9 Å². The molecule has 2 aliphatic carbocycles. The lowest BCUT2D eigenvalue weighted by Gasteiger charge is -2.48. The number of rotatable bonds is 7. The molecule has 174 valence electrons. The Bertz CT molecular complexity index is 707. The number of hydrogen-bond acceptors (Lipinski definition) is 2. The second kappa shape index (κ2) is 11.1. The van der Waals surface area contributed by atoms with E-state index in [2.05, 4.69) is 65.8 Å². The molecule has 1 saturated heterocycles. The van der Waals surface area contributed by atoms with Crippen LogP contribution in [0.5, 0.6) is 0 Å². The molecule has 1 heterocycles. The molecule has 0 radical (unpaired) electrons. The van der Waals surface area contributed by atoms with Gasteiger partial charge in [0.2, 0.25) is 0 Å². The first-order valence-corrected chi connectivity index (χ1v) is 12.6. The molecule has 1 aliphatic heterocycles. The fourth-order valence-electron chi connectivity index (χ4n) is 5.54. The molecule has 0 aromatic carbocycles. The molecule has 0 unspecified atom stereocenters. The first kappa shape index (κ1) is 24.5. The van der Waals surface area contributed by atoms with Gasteiger partial charge in [-0.15, -0.1) is 0 Å². The largest absolute Gasteiger partial charge is 0.352 e. The normalized spacial score (nSPS) is 33.5. The molecule has 0 saturated carbocycles. The molecular formula is C29H46O2. The number of allylic oxidation sites excluding steroid dienone is 8. The lowest BCUT2D eigenvalue weighted by atomic mass is 9.67. The Labute approximate surface area is 191 Å². The fourth-order valence-corrected chi connectivity index (χ4v) is 5.54. The maximum absolute atomic E-state index is 6.45. The van der Waals surface area contributed by atoms with Crippen LogP contribution in [0.3, 0.4) is 0 Å². The van der Waals surface area contributed by atoms with Gasteiger partial charge in [0.15, 0.2) is 6.29 Å². The molecule has 2 nitrogen and oxygen atoms in total. The standard InChI is InChI=1S/C29H46O2/c1-21(2)9-7-11-25-13-14-27(23(5)17-25)28-30-19-29(20-31-28)16-15-26(18-24(29)6)12-8-10-22(3)4/h9-10,13,15,23-24,27-28H,7-8,11-12,14,16-20H2,1-6H3/t23-,24+,27+,28?,29?/m0/s1. The zero-order valence-corrected chi connectivity index (χ0v) is 21.0. The maximum atomic E-state index is 6.45. The molecule has 0 aromatic heterocycles. The lowest BCUT2D eigenvalue weighted by molar-refractivity contribution is -0.265. The summed E-state index contributed by atoms with van der Waals surface area (Å²) in [5.74, 6) is 1.76. The first-order chi connectivity index (χ1) is 14.8. The first-order valence-electron chi connectivity index (χ1n) is 12.6. The van der Waals surface area contributed by atoms with Gasteiger partial charge in [-0.1, -0.05) is 60.4 Å². The lowest BCUT2D eigenvalue weighted by Crippen LogP contribution is -2.49. The predicted molar refractivity (Wildman–Crippen MR) is 132 cm³/mol. The van der Waals surface area contributed by atoms with E-state index in [1.165, 1.54) is 49.7 Å². The second-order valence-electron chi connectivity index (χ2n) is 11.1. The zero-order chi connectivity index (χ0) is 22.4. The Morgan fingerprint density at radius 3 is 2.00 bits per heavy atom. The van der Waals surface area contributed by atoms with Crippen molar-refractivity contribution in [2.75, 3.05) is 13.2 Å². The van der Waals surface area contributed by atoms with Crippen molar-refractivity contribution >= 4 is 0 Å². The molecular weight excluding hydrogens is 380 g/mol. The smallest absolute Gasteiger partial charge is 0.160 e. The molecule has 1 fully saturated rings. The van der Waals surface area contributed by atoms with Crippen LogP contribution in [-0.4, -0.2) is 19.5 Å². The third kappa shape index (κ3) is 6.68. The minimum atomic E-state index is -0.0218. The molecule has 1 spiro atoms. The molecule has 0 amide bonds. The predicted octanol–water partition coefficient (Wildman–Crippen LogP) is 8.17. The average Bonchev–Trinajstić information content (AvgIpc) is 2.71. The quantitative estimate of drug-likeness (QED) is 0.382. The van der Waals surface area contributed by atoms with Gasteiger partial charge in [0.1, 0.15) is 0 Å². The third-order valence-electron chi connectivity index (χ3n) is 7.86. The van der Waals surface area contributed by atoms with Crippen LogP contribution in [-0.2, 0) is 9.47 Å². The molecule has 3 aliphatic rings. The van der Waals surface area contributed by atoms with Gasteiger partial charge < -0.3 is 9.47 Å². The highest BCUT2D eigenvalue weighted by Crippen LogP contribution is 2.46. The fraction of sp³-hybridized carbons (Fsp3) is 0.724. The van der Waals surface area contributed by atoms with E-state index in [-0.39, 0.29) is 11.7 Å². The maximum Gasteiger partial charge on any atom is 0.160 e. The Hall–Kier alpha value is -1.12. The number of ether oxygens (including phenoxy) is 2. The Kier molecular flexibility index (Phi) is 8.82. The average molecular weight is 427 g/mol. The van der Waals surface area contributed by atoms with Crippen molar-refractivity contribution < 1.29 is 9.47 Å². The van der Waals surface area contributed by atoms with Crippen LogP contribution < -0.4 is 0 Å². The van der Waals surface area contributed by atoms with Crippen LogP contribution in [0, 0.1) is 23.2 Å². The highest BCUT2D eigenvalue weighted by Gasteiger charge is 2.45. The minimum absolute atomic E-state index is 0.0218. The summed E-state index contributed by atoms with van der Waals surface area (Å²) in [4.78, 5) is 0. The summed E-state index contributed by atoms with van der Waals surface area (Å²) >= 11 is 0. The summed E-state index contributed by atoms with van der Waals surface area (Å²) in [6, 6.07) is 0.